The van der Waals surface area contributed by atoms with Crippen molar-refractivity contribution in [2.24, 2.45) is 5.92 Å². The van der Waals surface area contributed by atoms with Crippen molar-refractivity contribution in [2.45, 2.75) is 26.3 Å². The molecule has 0 spiro atoms. The van der Waals surface area contributed by atoms with Crippen LogP contribution in [-0.2, 0) is 20.7 Å². The Morgan fingerprint density at radius 1 is 1.20 bits per heavy atom. The summed E-state index contributed by atoms with van der Waals surface area (Å²) in [5.74, 6) is -0.166. The average Bonchev–Trinajstić information content (AvgIpc) is 2.45. The molecule has 5 nitrogen and oxygen atoms in total. The fraction of sp³-hybridized carbons (Fsp3) is 0.467. The average molecular weight is 279 g/mol. The molecule has 0 aromatic heterocycles. The first-order chi connectivity index (χ1) is 9.49. The zero-order valence-electron chi connectivity index (χ0n) is 12.3. The summed E-state index contributed by atoms with van der Waals surface area (Å²) in [7, 11) is 2.87. The monoisotopic (exact) mass is 279 g/mol. The predicted octanol–water partition coefficient (Wildman–Crippen LogP) is 1.55. The van der Waals surface area contributed by atoms with Gasteiger partial charge in [0.15, 0.2) is 0 Å². The lowest BCUT2D eigenvalue weighted by Gasteiger charge is -2.19. The summed E-state index contributed by atoms with van der Waals surface area (Å²) in [5, 5.41) is 2.70. The number of hydrogen-bond acceptors (Lipinski definition) is 4. The summed E-state index contributed by atoms with van der Waals surface area (Å²) in [5.41, 5.74) is 0.842. The summed E-state index contributed by atoms with van der Waals surface area (Å²) in [6, 6.07) is 6.66. The van der Waals surface area contributed by atoms with Gasteiger partial charge in [-0.1, -0.05) is 32.0 Å². The van der Waals surface area contributed by atoms with Gasteiger partial charge in [-0.25, -0.2) is 4.79 Å². The number of hydrogen-bond donors (Lipinski definition) is 1. The van der Waals surface area contributed by atoms with E-state index in [4.69, 9.17) is 9.47 Å². The highest BCUT2D eigenvalue weighted by molar-refractivity contribution is 5.85. The lowest BCUT2D eigenvalue weighted by molar-refractivity contribution is -0.145. The normalized spacial score (nSPS) is 11.8. The van der Waals surface area contributed by atoms with Crippen molar-refractivity contribution in [3.63, 3.8) is 0 Å². The molecular formula is C15H21NO4. The van der Waals surface area contributed by atoms with Crippen molar-refractivity contribution in [2.75, 3.05) is 14.2 Å². The van der Waals surface area contributed by atoms with Gasteiger partial charge >= 0.3 is 5.97 Å². The minimum absolute atomic E-state index is 0.185. The molecule has 1 atom stereocenters. The third-order valence-corrected chi connectivity index (χ3v) is 2.94. The Bertz CT molecular complexity index is 471. The zero-order chi connectivity index (χ0) is 15.1. The Labute approximate surface area is 119 Å². The lowest BCUT2D eigenvalue weighted by Crippen LogP contribution is -2.44. The number of esters is 1. The van der Waals surface area contributed by atoms with Crippen LogP contribution in [0.15, 0.2) is 24.3 Å². The van der Waals surface area contributed by atoms with E-state index in [1.165, 1.54) is 7.11 Å². The number of carbonyl (C=O) groups excluding carboxylic acids is 2. The van der Waals surface area contributed by atoms with Crippen molar-refractivity contribution in [3.05, 3.63) is 29.8 Å². The Balaban J connectivity index is 2.89. The number of ether oxygens (including phenoxy) is 2. The second kappa shape index (κ2) is 7.53. The number of methoxy groups -OCH3 is 2. The van der Waals surface area contributed by atoms with Crippen molar-refractivity contribution >= 4 is 11.9 Å². The Hall–Kier alpha value is -2.04. The molecule has 1 aromatic carbocycles. The minimum atomic E-state index is -0.716. The quantitative estimate of drug-likeness (QED) is 0.802. The number of rotatable bonds is 6. The molecule has 20 heavy (non-hydrogen) atoms. The molecule has 0 aliphatic carbocycles. The van der Waals surface area contributed by atoms with Crippen molar-refractivity contribution in [1.29, 1.82) is 0 Å². The predicted molar refractivity (Wildman–Crippen MR) is 75.5 cm³/mol. The molecule has 1 rings (SSSR count). The summed E-state index contributed by atoms with van der Waals surface area (Å²) >= 11 is 0. The van der Waals surface area contributed by atoms with Gasteiger partial charge in [-0.05, 0) is 11.6 Å². The van der Waals surface area contributed by atoms with Gasteiger partial charge in [0.25, 0.3) is 0 Å². The van der Waals surface area contributed by atoms with Crippen LogP contribution in [0.2, 0.25) is 0 Å². The van der Waals surface area contributed by atoms with E-state index in [2.05, 4.69) is 5.32 Å². The van der Waals surface area contributed by atoms with Gasteiger partial charge in [-0.15, -0.1) is 0 Å². The molecule has 5 heteroatoms. The molecule has 0 radical (unpaired) electrons. The van der Waals surface area contributed by atoms with Crippen LogP contribution in [0.3, 0.4) is 0 Å². The standard InChI is InChI=1S/C15H21NO4/c1-10(2)14(17)16-12(15(18)20-4)9-11-7-5-6-8-13(11)19-3/h5-8,10,12H,9H2,1-4H3,(H,16,17)/t12-/m0/s1. The number of benzene rings is 1. The third kappa shape index (κ3) is 4.26. The molecule has 1 aromatic rings. The van der Waals surface area contributed by atoms with Crippen molar-refractivity contribution < 1.29 is 19.1 Å². The van der Waals surface area contributed by atoms with Crippen LogP contribution in [-0.4, -0.2) is 32.1 Å². The van der Waals surface area contributed by atoms with Crippen LogP contribution in [0.25, 0.3) is 0 Å². The molecule has 0 fully saturated rings. The van der Waals surface area contributed by atoms with Crippen LogP contribution in [0, 0.1) is 5.92 Å². The summed E-state index contributed by atoms with van der Waals surface area (Å²) < 4.78 is 9.99. The fourth-order valence-corrected chi connectivity index (χ4v) is 1.77. The third-order valence-electron chi connectivity index (χ3n) is 2.94. The molecule has 0 aliphatic heterocycles. The van der Waals surface area contributed by atoms with Gasteiger partial charge in [-0.2, -0.15) is 0 Å². The van der Waals surface area contributed by atoms with E-state index in [0.717, 1.165) is 5.56 Å². The topological polar surface area (TPSA) is 64.6 Å². The molecule has 0 heterocycles. The minimum Gasteiger partial charge on any atom is -0.496 e. The maximum atomic E-state index is 11.8. The van der Waals surface area contributed by atoms with Gasteiger partial charge < -0.3 is 14.8 Å². The van der Waals surface area contributed by atoms with Crippen LogP contribution < -0.4 is 10.1 Å². The van der Waals surface area contributed by atoms with Gasteiger partial charge in [-0.3, -0.25) is 4.79 Å². The molecule has 0 saturated heterocycles. The molecule has 1 amide bonds. The van der Waals surface area contributed by atoms with E-state index >= 15 is 0 Å². The Morgan fingerprint density at radius 3 is 2.40 bits per heavy atom. The first-order valence-electron chi connectivity index (χ1n) is 6.49. The van der Waals surface area contributed by atoms with Crippen LogP contribution in [0.4, 0.5) is 0 Å². The lowest BCUT2D eigenvalue weighted by atomic mass is 10.0. The van der Waals surface area contributed by atoms with E-state index in [1.54, 1.807) is 21.0 Å². The van der Waals surface area contributed by atoms with E-state index in [-0.39, 0.29) is 11.8 Å². The van der Waals surface area contributed by atoms with Gasteiger partial charge in [0.05, 0.1) is 14.2 Å². The van der Waals surface area contributed by atoms with Gasteiger partial charge in [0.2, 0.25) is 5.91 Å². The van der Waals surface area contributed by atoms with Crippen LogP contribution >= 0.6 is 0 Å². The molecule has 110 valence electrons. The molecule has 0 saturated carbocycles. The van der Waals surface area contributed by atoms with E-state index in [1.807, 2.05) is 24.3 Å². The zero-order valence-corrected chi connectivity index (χ0v) is 12.3. The number of amides is 1. The van der Waals surface area contributed by atoms with Crippen LogP contribution in [0.5, 0.6) is 5.75 Å². The smallest absolute Gasteiger partial charge is 0.328 e. The second-order valence-corrected chi connectivity index (χ2v) is 4.76. The summed E-state index contributed by atoms with van der Waals surface area (Å²) in [6.45, 7) is 3.54. The van der Waals surface area contributed by atoms with Crippen molar-refractivity contribution in [1.82, 2.24) is 5.32 Å². The van der Waals surface area contributed by atoms with Crippen LogP contribution in [0.1, 0.15) is 19.4 Å². The Kier molecular flexibility index (Phi) is 6.03. The van der Waals surface area contributed by atoms with Crippen molar-refractivity contribution in [3.8, 4) is 5.75 Å². The first kappa shape index (κ1) is 16.0. The van der Waals surface area contributed by atoms with E-state index in [0.29, 0.717) is 12.2 Å². The first-order valence-corrected chi connectivity index (χ1v) is 6.49. The molecule has 1 N–H and O–H groups in total. The highest BCUT2D eigenvalue weighted by atomic mass is 16.5. The number of carbonyl (C=O) groups is 2. The summed E-state index contributed by atoms with van der Waals surface area (Å²) in [6.07, 6.45) is 0.329. The maximum absolute atomic E-state index is 11.8. The van der Waals surface area contributed by atoms with E-state index in [9.17, 15) is 9.59 Å². The molecule has 0 bridgehead atoms. The fourth-order valence-electron chi connectivity index (χ4n) is 1.77. The SMILES string of the molecule is COC(=O)[C@H](Cc1ccccc1OC)NC(=O)C(C)C. The van der Waals surface area contributed by atoms with Gasteiger partial charge in [0.1, 0.15) is 11.8 Å². The Morgan fingerprint density at radius 2 is 1.85 bits per heavy atom. The van der Waals surface area contributed by atoms with E-state index < -0.39 is 12.0 Å². The second-order valence-electron chi connectivity index (χ2n) is 4.76. The highest BCUT2D eigenvalue weighted by Gasteiger charge is 2.24. The molecular weight excluding hydrogens is 258 g/mol. The molecule has 0 unspecified atom stereocenters. The largest absolute Gasteiger partial charge is 0.496 e. The molecule has 0 aliphatic rings. The summed E-state index contributed by atoms with van der Waals surface area (Å²) in [4.78, 5) is 23.6. The highest BCUT2D eigenvalue weighted by Crippen LogP contribution is 2.19. The number of para-hydroxylation sites is 1. The number of nitrogens with one attached hydrogen (secondary N) is 1. The maximum Gasteiger partial charge on any atom is 0.328 e. The van der Waals surface area contributed by atoms with Gasteiger partial charge in [0, 0.05) is 12.3 Å².